The maximum absolute atomic E-state index is 13.0. The van der Waals surface area contributed by atoms with Gasteiger partial charge in [-0.15, -0.1) is 0 Å². The van der Waals surface area contributed by atoms with Crippen molar-refractivity contribution in [2.75, 3.05) is 0 Å². The highest BCUT2D eigenvalue weighted by molar-refractivity contribution is 5.88. The normalized spacial score (nSPS) is 32.7. The first-order valence-electron chi connectivity index (χ1n) is 13.8. The van der Waals surface area contributed by atoms with Crippen molar-refractivity contribution in [2.45, 2.75) is 123 Å². The fraction of sp³-hybridized carbons (Fsp3) is 0.724. The molecule has 1 N–H and O–H groups in total. The first-order chi connectivity index (χ1) is 18.0. The molecule has 212 valence electrons. The van der Waals surface area contributed by atoms with Crippen LogP contribution >= 0.6 is 0 Å². The number of hydrogen-bond donors (Lipinski definition) is 1. The second kappa shape index (κ2) is 12.5. The molecule has 9 heteroatoms. The Hall–Kier alpha value is -2.68. The Bertz CT molecular complexity index is 996. The number of unbranched alkanes of at least 4 members (excludes halogenated alkanes) is 4. The van der Waals surface area contributed by atoms with Crippen molar-refractivity contribution in [3.05, 3.63) is 22.8 Å². The summed E-state index contributed by atoms with van der Waals surface area (Å²) in [6, 6.07) is 0. The van der Waals surface area contributed by atoms with Gasteiger partial charge in [0.05, 0.1) is 11.8 Å². The minimum atomic E-state index is -1.53. The Morgan fingerprint density at radius 2 is 1.79 bits per heavy atom. The number of rotatable bonds is 10. The lowest BCUT2D eigenvalue weighted by Crippen LogP contribution is -2.44. The van der Waals surface area contributed by atoms with E-state index < -0.39 is 65.7 Å². The van der Waals surface area contributed by atoms with Crippen LogP contribution in [0.15, 0.2) is 22.8 Å². The van der Waals surface area contributed by atoms with Crippen LogP contribution in [0.1, 0.15) is 92.9 Å². The predicted molar refractivity (Wildman–Crippen MR) is 138 cm³/mol. The smallest absolute Gasteiger partial charge is 0.334 e. The zero-order valence-electron chi connectivity index (χ0n) is 23.4. The summed E-state index contributed by atoms with van der Waals surface area (Å²) in [5.74, 6) is -3.63. The molecule has 1 saturated heterocycles. The van der Waals surface area contributed by atoms with Crippen molar-refractivity contribution in [1.82, 2.24) is 0 Å². The molecule has 1 heterocycles. The standard InChI is InChI=1S/C29H42O9/c1-7-9-10-11-12-13-21(31)36-25-23-20(35-19(6)30)14-15-29(34)18(5)28(33)38-26(29)22(23)17(4)24(25)37-27(32)16(3)8-2/h8,18,20,23-26,34H,7,9-15H2,1-6H3/b16-8-/t18-,20-,23-,24-,25-,26-,29-/m0/s1. The summed E-state index contributed by atoms with van der Waals surface area (Å²) in [6.07, 6.45) is 3.19. The van der Waals surface area contributed by atoms with E-state index in [2.05, 4.69) is 6.92 Å². The molecular weight excluding hydrogens is 492 g/mol. The van der Waals surface area contributed by atoms with E-state index in [4.69, 9.17) is 18.9 Å². The molecule has 0 radical (unpaired) electrons. The van der Waals surface area contributed by atoms with Crippen LogP contribution in [-0.4, -0.2) is 59.0 Å². The van der Waals surface area contributed by atoms with E-state index in [9.17, 15) is 24.3 Å². The molecule has 0 aromatic rings. The van der Waals surface area contributed by atoms with Crippen molar-refractivity contribution < 1.29 is 43.2 Å². The van der Waals surface area contributed by atoms with E-state index in [-0.39, 0.29) is 19.3 Å². The van der Waals surface area contributed by atoms with Crippen molar-refractivity contribution in [3.63, 3.8) is 0 Å². The van der Waals surface area contributed by atoms with Gasteiger partial charge in [-0.05, 0) is 58.1 Å². The maximum atomic E-state index is 13.0. The van der Waals surface area contributed by atoms with Gasteiger partial charge in [-0.3, -0.25) is 14.4 Å². The summed E-state index contributed by atoms with van der Waals surface area (Å²) in [5.41, 5.74) is -0.139. The molecule has 1 saturated carbocycles. The predicted octanol–water partition coefficient (Wildman–Crippen LogP) is 4.10. The van der Waals surface area contributed by atoms with E-state index >= 15 is 0 Å². The molecule has 0 spiro atoms. The van der Waals surface area contributed by atoms with Gasteiger partial charge in [0, 0.05) is 18.9 Å². The molecule has 0 unspecified atom stereocenters. The van der Waals surface area contributed by atoms with Gasteiger partial charge in [-0.2, -0.15) is 0 Å². The number of fused-ring (bicyclic) bond motifs is 3. The summed E-state index contributed by atoms with van der Waals surface area (Å²) in [6.45, 7) is 10.1. The highest BCUT2D eigenvalue weighted by Gasteiger charge is 2.64. The quantitative estimate of drug-likeness (QED) is 0.145. The molecule has 0 aromatic heterocycles. The summed E-state index contributed by atoms with van der Waals surface area (Å²) >= 11 is 0. The van der Waals surface area contributed by atoms with E-state index in [1.54, 1.807) is 33.8 Å². The molecule has 2 fully saturated rings. The van der Waals surface area contributed by atoms with Gasteiger partial charge in [-0.25, -0.2) is 4.79 Å². The van der Waals surface area contributed by atoms with Gasteiger partial charge >= 0.3 is 23.9 Å². The number of ether oxygens (including phenoxy) is 4. The largest absolute Gasteiger partial charge is 0.462 e. The monoisotopic (exact) mass is 534 g/mol. The molecule has 0 amide bonds. The van der Waals surface area contributed by atoms with Gasteiger partial charge in [-0.1, -0.05) is 38.7 Å². The molecule has 0 aromatic carbocycles. The first kappa shape index (κ1) is 29.9. The lowest BCUT2D eigenvalue weighted by molar-refractivity contribution is -0.171. The second-order valence-corrected chi connectivity index (χ2v) is 10.8. The average molecular weight is 535 g/mol. The number of carbonyl (C=O) groups excluding carboxylic acids is 4. The number of hydrogen-bond acceptors (Lipinski definition) is 9. The highest BCUT2D eigenvalue weighted by atomic mass is 16.6. The number of esters is 4. The van der Waals surface area contributed by atoms with Gasteiger partial charge in [0.2, 0.25) is 0 Å². The lowest BCUT2D eigenvalue weighted by Gasteiger charge is -2.31. The van der Waals surface area contributed by atoms with Crippen LogP contribution in [0.2, 0.25) is 0 Å². The van der Waals surface area contributed by atoms with Crippen LogP contribution in [0.4, 0.5) is 0 Å². The molecule has 3 aliphatic rings. The molecule has 2 aliphatic carbocycles. The van der Waals surface area contributed by atoms with E-state index in [0.717, 1.165) is 25.7 Å². The van der Waals surface area contributed by atoms with Crippen LogP contribution in [0.5, 0.6) is 0 Å². The Morgan fingerprint density at radius 1 is 1.11 bits per heavy atom. The van der Waals surface area contributed by atoms with Crippen LogP contribution in [0, 0.1) is 11.8 Å². The zero-order chi connectivity index (χ0) is 28.2. The minimum absolute atomic E-state index is 0.149. The summed E-state index contributed by atoms with van der Waals surface area (Å²) in [5, 5.41) is 11.7. The van der Waals surface area contributed by atoms with Crippen LogP contribution in [0.3, 0.4) is 0 Å². The molecular formula is C29H42O9. The van der Waals surface area contributed by atoms with Crippen LogP contribution in [0.25, 0.3) is 0 Å². The van der Waals surface area contributed by atoms with Crippen molar-refractivity contribution in [1.29, 1.82) is 0 Å². The maximum Gasteiger partial charge on any atom is 0.334 e. The topological polar surface area (TPSA) is 125 Å². The highest BCUT2D eigenvalue weighted by Crippen LogP contribution is 2.52. The molecule has 3 rings (SSSR count). The van der Waals surface area contributed by atoms with Crippen LogP contribution < -0.4 is 0 Å². The summed E-state index contributed by atoms with van der Waals surface area (Å²) in [7, 11) is 0. The Morgan fingerprint density at radius 3 is 2.42 bits per heavy atom. The fourth-order valence-corrected chi connectivity index (χ4v) is 5.86. The minimum Gasteiger partial charge on any atom is -0.462 e. The Labute approximate surface area is 224 Å². The lowest BCUT2D eigenvalue weighted by atomic mass is 9.80. The fourth-order valence-electron chi connectivity index (χ4n) is 5.86. The van der Waals surface area contributed by atoms with E-state index in [0.29, 0.717) is 23.1 Å². The first-order valence-corrected chi connectivity index (χ1v) is 13.8. The van der Waals surface area contributed by atoms with Crippen LogP contribution in [-0.2, 0) is 38.1 Å². The van der Waals surface area contributed by atoms with Gasteiger partial charge in [0.1, 0.15) is 11.7 Å². The molecule has 7 atom stereocenters. The summed E-state index contributed by atoms with van der Waals surface area (Å²) in [4.78, 5) is 50.5. The Balaban J connectivity index is 2.01. The zero-order valence-corrected chi connectivity index (χ0v) is 23.4. The second-order valence-electron chi connectivity index (χ2n) is 10.8. The molecule has 0 bridgehead atoms. The van der Waals surface area contributed by atoms with E-state index in [1.165, 1.54) is 6.92 Å². The third-order valence-electron chi connectivity index (χ3n) is 8.26. The Kier molecular flexibility index (Phi) is 9.79. The van der Waals surface area contributed by atoms with E-state index in [1.807, 2.05) is 0 Å². The number of aliphatic hydroxyl groups is 1. The number of allylic oxidation sites excluding steroid dienone is 1. The third-order valence-corrected chi connectivity index (χ3v) is 8.26. The number of carbonyl (C=O) groups is 4. The van der Waals surface area contributed by atoms with Gasteiger partial charge in [0.25, 0.3) is 0 Å². The third kappa shape index (κ3) is 5.98. The van der Waals surface area contributed by atoms with Gasteiger partial charge < -0.3 is 24.1 Å². The molecule has 9 nitrogen and oxygen atoms in total. The van der Waals surface area contributed by atoms with Gasteiger partial charge in [0.15, 0.2) is 18.3 Å². The van der Waals surface area contributed by atoms with Crippen molar-refractivity contribution in [3.8, 4) is 0 Å². The summed E-state index contributed by atoms with van der Waals surface area (Å²) < 4.78 is 23.3. The molecule has 1 aliphatic heterocycles. The SMILES string of the molecule is C/C=C(/C)C(=O)O[C@H]1C(C)=C2[C@@H]([C@@H]1OC(=O)CCCCCCC)[C@@H](OC(C)=O)CC[C@]1(O)[C@@H](C)C(=O)O[C@@H]21. The molecule has 38 heavy (non-hydrogen) atoms. The van der Waals surface area contributed by atoms with Crippen molar-refractivity contribution >= 4 is 23.9 Å². The van der Waals surface area contributed by atoms with Crippen molar-refractivity contribution in [2.24, 2.45) is 11.8 Å². The average Bonchev–Trinajstić information content (AvgIpc) is 3.20.